The molecule has 0 N–H and O–H groups in total. The van der Waals surface area contributed by atoms with Crippen LogP contribution in [0, 0.1) is 30.9 Å². The van der Waals surface area contributed by atoms with Gasteiger partial charge in [-0.1, -0.05) is 17.3 Å². The van der Waals surface area contributed by atoms with Crippen LogP contribution < -0.4 is 9.47 Å². The van der Waals surface area contributed by atoms with E-state index in [1.165, 1.54) is 18.2 Å². The molecular formula is C25H23N3O6. The predicted octanol–water partition coefficient (Wildman–Crippen LogP) is 5.24. The Morgan fingerprint density at radius 1 is 1.09 bits per heavy atom. The minimum Gasteiger partial charge on any atom is -0.497 e. The number of ether oxygens (including phenoxy) is 2. The third-order valence-electron chi connectivity index (χ3n) is 5.51. The Balaban J connectivity index is 1.61. The lowest BCUT2D eigenvalue weighted by molar-refractivity contribution is -0.384. The van der Waals surface area contributed by atoms with E-state index in [1.54, 1.807) is 50.4 Å². The smallest absolute Gasteiger partial charge is 0.270 e. The van der Waals surface area contributed by atoms with E-state index in [1.807, 2.05) is 18.4 Å². The molecule has 9 heteroatoms. The van der Waals surface area contributed by atoms with E-state index in [9.17, 15) is 14.9 Å². The molecule has 0 amide bonds. The van der Waals surface area contributed by atoms with E-state index in [4.69, 9.17) is 14.0 Å². The number of hydrogen-bond donors (Lipinski definition) is 0. The zero-order valence-electron chi connectivity index (χ0n) is 19.2. The lowest BCUT2D eigenvalue weighted by Gasteiger charge is -2.12. The molecule has 174 valence electrons. The molecule has 0 saturated heterocycles. The van der Waals surface area contributed by atoms with Crippen molar-refractivity contribution < 1.29 is 23.7 Å². The van der Waals surface area contributed by atoms with Gasteiger partial charge in [0.1, 0.15) is 17.3 Å². The minimum atomic E-state index is -0.470. The van der Waals surface area contributed by atoms with Crippen molar-refractivity contribution in [2.45, 2.75) is 20.8 Å². The molecule has 0 bridgehead atoms. The van der Waals surface area contributed by atoms with Crippen molar-refractivity contribution in [3.63, 3.8) is 0 Å². The number of aromatic nitrogens is 2. The minimum absolute atomic E-state index is 0.0732. The Morgan fingerprint density at radius 3 is 2.44 bits per heavy atom. The molecule has 34 heavy (non-hydrogen) atoms. The first kappa shape index (κ1) is 22.8. The summed E-state index contributed by atoms with van der Waals surface area (Å²) in [6.45, 7) is 5.28. The number of Topliss-reactive ketones (excluding diaryl/α,β-unsaturated/α-hetero) is 1. The van der Waals surface area contributed by atoms with Crippen molar-refractivity contribution in [1.82, 2.24) is 9.72 Å². The Kier molecular flexibility index (Phi) is 6.18. The largest absolute Gasteiger partial charge is 0.497 e. The van der Waals surface area contributed by atoms with Gasteiger partial charge in [0.2, 0.25) is 5.78 Å². The molecule has 2 aromatic carbocycles. The molecule has 4 aromatic rings. The molecule has 4 rings (SSSR count). The van der Waals surface area contributed by atoms with E-state index >= 15 is 0 Å². The van der Waals surface area contributed by atoms with Crippen molar-refractivity contribution in [3.8, 4) is 28.4 Å². The molecule has 0 fully saturated rings. The zero-order valence-corrected chi connectivity index (χ0v) is 19.2. The fourth-order valence-electron chi connectivity index (χ4n) is 3.83. The SMILES string of the molecule is COc1ccc(-c2cc([N+](=O)[O-])ccc2OCC(=O)c2cc(C)n(-c3cc(C)on3)c2C)cc1. The fraction of sp³-hybridized carbons (Fsp3) is 0.200. The number of carbonyl (C=O) groups is 1. The molecule has 0 radical (unpaired) electrons. The average molecular weight is 461 g/mol. The van der Waals surface area contributed by atoms with Crippen LogP contribution in [0.1, 0.15) is 27.5 Å². The lowest BCUT2D eigenvalue weighted by Crippen LogP contribution is -2.13. The monoisotopic (exact) mass is 461 g/mol. The summed E-state index contributed by atoms with van der Waals surface area (Å²) in [7, 11) is 1.56. The molecule has 0 atom stereocenters. The van der Waals surface area contributed by atoms with Crippen LogP contribution in [-0.2, 0) is 0 Å². The quantitative estimate of drug-likeness (QED) is 0.201. The maximum atomic E-state index is 13.0. The van der Waals surface area contributed by atoms with Crippen molar-refractivity contribution in [2.75, 3.05) is 13.7 Å². The summed E-state index contributed by atoms with van der Waals surface area (Å²) in [6, 6.07) is 14.9. The van der Waals surface area contributed by atoms with Crippen LogP contribution in [-0.4, -0.2) is 34.1 Å². The van der Waals surface area contributed by atoms with Gasteiger partial charge in [0.15, 0.2) is 12.4 Å². The van der Waals surface area contributed by atoms with Gasteiger partial charge in [0.05, 0.1) is 12.0 Å². The highest BCUT2D eigenvalue weighted by Gasteiger charge is 2.20. The number of ketones is 1. The maximum absolute atomic E-state index is 13.0. The van der Waals surface area contributed by atoms with Crippen molar-refractivity contribution >= 4 is 11.5 Å². The molecule has 0 unspecified atom stereocenters. The molecule has 2 heterocycles. The topological polar surface area (TPSA) is 110 Å². The lowest BCUT2D eigenvalue weighted by atomic mass is 10.0. The molecule has 0 saturated carbocycles. The standard InChI is InChI=1S/C25H23N3O6/c1-15-11-21(17(3)27(15)25-12-16(2)34-26-25)23(29)14-33-24-10-7-19(28(30)31)13-22(24)18-5-8-20(32-4)9-6-18/h5-13H,14H2,1-4H3. The third kappa shape index (κ3) is 4.40. The maximum Gasteiger partial charge on any atom is 0.270 e. The second-order valence-corrected chi connectivity index (χ2v) is 7.79. The predicted molar refractivity (Wildman–Crippen MR) is 125 cm³/mol. The van der Waals surface area contributed by atoms with Gasteiger partial charge in [-0.05, 0) is 50.6 Å². The first-order valence-corrected chi connectivity index (χ1v) is 10.5. The van der Waals surface area contributed by atoms with Gasteiger partial charge < -0.3 is 14.0 Å². The summed E-state index contributed by atoms with van der Waals surface area (Å²) in [5, 5.41) is 15.3. The van der Waals surface area contributed by atoms with Crippen LogP contribution in [0.25, 0.3) is 16.9 Å². The molecule has 0 aliphatic rings. The van der Waals surface area contributed by atoms with E-state index < -0.39 is 4.92 Å². The van der Waals surface area contributed by atoms with Crippen LogP contribution in [0.15, 0.2) is 59.1 Å². The van der Waals surface area contributed by atoms with Gasteiger partial charge >= 0.3 is 0 Å². The normalized spacial score (nSPS) is 10.8. The first-order valence-electron chi connectivity index (χ1n) is 10.5. The third-order valence-corrected chi connectivity index (χ3v) is 5.51. The second-order valence-electron chi connectivity index (χ2n) is 7.79. The van der Waals surface area contributed by atoms with Crippen LogP contribution >= 0.6 is 0 Å². The second kappa shape index (κ2) is 9.22. The number of nitro groups is 1. The Morgan fingerprint density at radius 2 is 1.82 bits per heavy atom. The van der Waals surface area contributed by atoms with E-state index in [0.29, 0.717) is 39.8 Å². The van der Waals surface area contributed by atoms with Gasteiger partial charge in [0, 0.05) is 40.7 Å². The zero-order chi connectivity index (χ0) is 24.4. The van der Waals surface area contributed by atoms with Crippen molar-refractivity contribution in [1.29, 1.82) is 0 Å². The highest BCUT2D eigenvalue weighted by molar-refractivity contribution is 5.99. The number of carbonyl (C=O) groups excluding carboxylic acids is 1. The number of methoxy groups -OCH3 is 1. The average Bonchev–Trinajstić information content (AvgIpc) is 3.38. The summed E-state index contributed by atoms with van der Waals surface area (Å²) < 4.78 is 18.1. The number of nitro benzene ring substituents is 1. The summed E-state index contributed by atoms with van der Waals surface area (Å²) in [5.41, 5.74) is 3.20. The molecule has 0 spiro atoms. The van der Waals surface area contributed by atoms with Crippen LogP contribution in [0.3, 0.4) is 0 Å². The number of rotatable bonds is 8. The number of hydrogen-bond acceptors (Lipinski definition) is 7. The number of nitrogens with zero attached hydrogens (tertiary/aromatic N) is 3. The van der Waals surface area contributed by atoms with Gasteiger partial charge in [-0.3, -0.25) is 19.5 Å². The van der Waals surface area contributed by atoms with E-state index in [2.05, 4.69) is 5.16 Å². The molecule has 9 nitrogen and oxygen atoms in total. The number of aryl methyl sites for hydroxylation is 2. The van der Waals surface area contributed by atoms with Crippen LogP contribution in [0.2, 0.25) is 0 Å². The number of benzene rings is 2. The van der Waals surface area contributed by atoms with Gasteiger partial charge in [-0.15, -0.1) is 0 Å². The van der Waals surface area contributed by atoms with E-state index in [0.717, 1.165) is 11.4 Å². The van der Waals surface area contributed by atoms with Crippen molar-refractivity contribution in [3.05, 3.63) is 87.4 Å². The highest BCUT2D eigenvalue weighted by atomic mass is 16.6. The first-order chi connectivity index (χ1) is 16.3. The molecular weight excluding hydrogens is 438 g/mol. The Labute approximate surface area is 195 Å². The highest BCUT2D eigenvalue weighted by Crippen LogP contribution is 2.34. The van der Waals surface area contributed by atoms with Gasteiger partial charge in [0.25, 0.3) is 5.69 Å². The van der Waals surface area contributed by atoms with Crippen molar-refractivity contribution in [2.24, 2.45) is 0 Å². The van der Waals surface area contributed by atoms with Gasteiger partial charge in [-0.25, -0.2) is 0 Å². The fourth-order valence-corrected chi connectivity index (χ4v) is 3.83. The number of non-ortho nitro benzene ring substituents is 1. The van der Waals surface area contributed by atoms with Crippen LogP contribution in [0.4, 0.5) is 5.69 Å². The Hall–Kier alpha value is -4.40. The summed E-state index contributed by atoms with van der Waals surface area (Å²) in [6.07, 6.45) is 0. The summed E-state index contributed by atoms with van der Waals surface area (Å²) in [5.74, 6) is 2.07. The molecule has 0 aliphatic carbocycles. The molecule has 2 aromatic heterocycles. The van der Waals surface area contributed by atoms with E-state index in [-0.39, 0.29) is 18.1 Å². The van der Waals surface area contributed by atoms with Crippen LogP contribution in [0.5, 0.6) is 11.5 Å². The van der Waals surface area contributed by atoms with Gasteiger partial charge in [-0.2, -0.15) is 0 Å². The summed E-state index contributed by atoms with van der Waals surface area (Å²) >= 11 is 0. The molecule has 0 aliphatic heterocycles. The Bertz CT molecular complexity index is 1370. The summed E-state index contributed by atoms with van der Waals surface area (Å²) in [4.78, 5) is 23.9.